The average Bonchev–Trinajstić information content (AvgIpc) is 3.00. The van der Waals surface area contributed by atoms with E-state index in [1.807, 2.05) is 31.2 Å². The van der Waals surface area contributed by atoms with Gasteiger partial charge in [0.05, 0.1) is 12.2 Å². The zero-order chi connectivity index (χ0) is 16.5. The van der Waals surface area contributed by atoms with Crippen LogP contribution in [0.3, 0.4) is 0 Å². The Hall–Kier alpha value is -2.73. The van der Waals surface area contributed by atoms with Crippen molar-refractivity contribution in [1.82, 2.24) is 19.9 Å². The van der Waals surface area contributed by atoms with Gasteiger partial charge in [-0.25, -0.2) is 4.98 Å². The Morgan fingerprint density at radius 2 is 2.25 bits per heavy atom. The minimum Gasteiger partial charge on any atom is -0.465 e. The lowest BCUT2D eigenvalue weighted by molar-refractivity contribution is 0.220. The number of fused-ring (bicyclic) bond motifs is 1. The molecule has 6 heteroatoms. The summed E-state index contributed by atoms with van der Waals surface area (Å²) < 4.78 is 5.65. The lowest BCUT2D eigenvalue weighted by Crippen LogP contribution is -2.35. The molecule has 1 aliphatic rings. The summed E-state index contributed by atoms with van der Waals surface area (Å²) in [6, 6.07) is 7.69. The van der Waals surface area contributed by atoms with Gasteiger partial charge in [0, 0.05) is 36.6 Å². The minimum absolute atomic E-state index is 0.0488. The largest absolute Gasteiger partial charge is 0.465 e. The van der Waals surface area contributed by atoms with Crippen LogP contribution in [0, 0.1) is 6.92 Å². The number of nitrogens with one attached hydrogen (secondary N) is 1. The standard InChI is InChI=1S/C18H18N4O2/c1-12-4-5-14(24-12)10-22-8-6-15-16(11-22)20-17(21-18(15)23)13-3-2-7-19-9-13/h2-5,7,9H,6,8,10-11H2,1H3,(H,20,21,23). The lowest BCUT2D eigenvalue weighted by atomic mass is 10.1. The number of hydrogen-bond donors (Lipinski definition) is 1. The SMILES string of the molecule is Cc1ccc(CN2CCc3c(nc(-c4cccnc4)[nH]c3=O)C2)o1. The molecule has 6 nitrogen and oxygen atoms in total. The summed E-state index contributed by atoms with van der Waals surface area (Å²) in [4.78, 5) is 26.3. The smallest absolute Gasteiger partial charge is 0.254 e. The summed E-state index contributed by atoms with van der Waals surface area (Å²) in [6.07, 6.45) is 4.11. The molecule has 0 saturated carbocycles. The fourth-order valence-electron chi connectivity index (χ4n) is 3.06. The van der Waals surface area contributed by atoms with Crippen LogP contribution in [0.4, 0.5) is 0 Å². The van der Waals surface area contributed by atoms with Crippen molar-refractivity contribution in [3.8, 4) is 11.4 Å². The van der Waals surface area contributed by atoms with E-state index in [9.17, 15) is 4.79 Å². The van der Waals surface area contributed by atoms with Gasteiger partial charge in [0.15, 0.2) is 0 Å². The maximum absolute atomic E-state index is 12.4. The Morgan fingerprint density at radius 3 is 3.00 bits per heavy atom. The zero-order valence-electron chi connectivity index (χ0n) is 13.5. The molecular formula is C18H18N4O2. The van der Waals surface area contributed by atoms with Crippen LogP contribution in [-0.4, -0.2) is 26.4 Å². The van der Waals surface area contributed by atoms with Crippen molar-refractivity contribution < 1.29 is 4.42 Å². The predicted molar refractivity (Wildman–Crippen MR) is 89.4 cm³/mol. The van der Waals surface area contributed by atoms with E-state index in [0.717, 1.165) is 41.4 Å². The highest BCUT2D eigenvalue weighted by Crippen LogP contribution is 2.20. The van der Waals surface area contributed by atoms with Gasteiger partial charge in [-0.1, -0.05) is 0 Å². The van der Waals surface area contributed by atoms with Crippen LogP contribution in [-0.2, 0) is 19.5 Å². The van der Waals surface area contributed by atoms with Crippen molar-refractivity contribution in [2.24, 2.45) is 0 Å². The fraction of sp³-hybridized carbons (Fsp3) is 0.278. The zero-order valence-corrected chi connectivity index (χ0v) is 13.5. The maximum atomic E-state index is 12.4. The molecule has 1 aliphatic heterocycles. The van der Waals surface area contributed by atoms with E-state index in [-0.39, 0.29) is 5.56 Å². The first kappa shape index (κ1) is 14.8. The van der Waals surface area contributed by atoms with Crippen LogP contribution in [0.1, 0.15) is 22.8 Å². The fourth-order valence-corrected chi connectivity index (χ4v) is 3.06. The molecule has 4 rings (SSSR count). The van der Waals surface area contributed by atoms with Gasteiger partial charge in [0.2, 0.25) is 0 Å². The molecule has 122 valence electrons. The molecule has 3 aromatic rings. The molecule has 0 radical (unpaired) electrons. The number of pyridine rings is 1. The second-order valence-electron chi connectivity index (χ2n) is 6.05. The molecule has 0 aromatic carbocycles. The van der Waals surface area contributed by atoms with E-state index in [2.05, 4.69) is 19.9 Å². The van der Waals surface area contributed by atoms with Gasteiger partial charge in [-0.2, -0.15) is 0 Å². The average molecular weight is 322 g/mol. The summed E-state index contributed by atoms with van der Waals surface area (Å²) >= 11 is 0. The molecule has 3 aromatic heterocycles. The first-order valence-corrected chi connectivity index (χ1v) is 7.99. The number of rotatable bonds is 3. The number of nitrogens with zero attached hydrogens (tertiary/aromatic N) is 3. The van der Waals surface area contributed by atoms with Gasteiger partial charge in [-0.15, -0.1) is 0 Å². The minimum atomic E-state index is -0.0488. The highest BCUT2D eigenvalue weighted by atomic mass is 16.3. The topological polar surface area (TPSA) is 75.0 Å². The van der Waals surface area contributed by atoms with Crippen molar-refractivity contribution >= 4 is 0 Å². The van der Waals surface area contributed by atoms with E-state index >= 15 is 0 Å². The molecule has 0 aliphatic carbocycles. The van der Waals surface area contributed by atoms with Gasteiger partial charge >= 0.3 is 0 Å². The molecule has 0 amide bonds. The van der Waals surface area contributed by atoms with Crippen molar-refractivity contribution in [3.63, 3.8) is 0 Å². The van der Waals surface area contributed by atoms with Gasteiger partial charge in [-0.05, 0) is 37.6 Å². The molecule has 0 atom stereocenters. The van der Waals surface area contributed by atoms with Crippen LogP contribution >= 0.6 is 0 Å². The Morgan fingerprint density at radius 1 is 1.33 bits per heavy atom. The number of aromatic nitrogens is 3. The van der Waals surface area contributed by atoms with Crippen molar-refractivity contribution in [1.29, 1.82) is 0 Å². The van der Waals surface area contributed by atoms with Crippen LogP contribution in [0.15, 0.2) is 45.9 Å². The first-order chi connectivity index (χ1) is 11.7. The quantitative estimate of drug-likeness (QED) is 0.801. The van der Waals surface area contributed by atoms with E-state index in [1.165, 1.54) is 0 Å². The second kappa shape index (κ2) is 6.05. The Labute approximate surface area is 139 Å². The van der Waals surface area contributed by atoms with Crippen LogP contribution in [0.2, 0.25) is 0 Å². The number of aryl methyl sites for hydroxylation is 1. The summed E-state index contributed by atoms with van der Waals surface area (Å²) in [7, 11) is 0. The number of aromatic amines is 1. The van der Waals surface area contributed by atoms with Crippen LogP contribution in [0.25, 0.3) is 11.4 Å². The van der Waals surface area contributed by atoms with Crippen LogP contribution in [0.5, 0.6) is 0 Å². The predicted octanol–water partition coefficient (Wildman–Crippen LogP) is 2.29. The Bertz CT molecular complexity index is 914. The summed E-state index contributed by atoms with van der Waals surface area (Å²) in [5.74, 6) is 2.42. The van der Waals surface area contributed by atoms with Crippen molar-refractivity contribution in [2.45, 2.75) is 26.4 Å². The monoisotopic (exact) mass is 322 g/mol. The Kier molecular flexibility index (Phi) is 3.74. The van der Waals surface area contributed by atoms with E-state index in [1.54, 1.807) is 12.4 Å². The lowest BCUT2D eigenvalue weighted by Gasteiger charge is -2.26. The molecule has 1 N–H and O–H groups in total. The van der Waals surface area contributed by atoms with Crippen molar-refractivity contribution in [3.05, 3.63) is 69.8 Å². The Balaban J connectivity index is 1.62. The molecule has 0 fully saturated rings. The first-order valence-electron chi connectivity index (χ1n) is 7.99. The van der Waals surface area contributed by atoms with Gasteiger partial charge in [-0.3, -0.25) is 14.7 Å². The summed E-state index contributed by atoms with van der Waals surface area (Å²) in [5.41, 5.74) is 2.39. The van der Waals surface area contributed by atoms with E-state index < -0.39 is 0 Å². The summed E-state index contributed by atoms with van der Waals surface area (Å²) in [6.45, 7) is 4.14. The molecule has 0 saturated heterocycles. The maximum Gasteiger partial charge on any atom is 0.254 e. The number of furan rings is 1. The third kappa shape index (κ3) is 2.88. The molecule has 0 unspecified atom stereocenters. The summed E-state index contributed by atoms with van der Waals surface area (Å²) in [5, 5.41) is 0. The van der Waals surface area contributed by atoms with E-state index in [4.69, 9.17) is 4.42 Å². The van der Waals surface area contributed by atoms with E-state index in [0.29, 0.717) is 18.8 Å². The third-order valence-corrected chi connectivity index (χ3v) is 4.26. The highest BCUT2D eigenvalue weighted by molar-refractivity contribution is 5.53. The third-order valence-electron chi connectivity index (χ3n) is 4.26. The van der Waals surface area contributed by atoms with Gasteiger partial charge < -0.3 is 9.40 Å². The molecule has 0 bridgehead atoms. The van der Waals surface area contributed by atoms with Crippen molar-refractivity contribution in [2.75, 3.05) is 6.54 Å². The molecular weight excluding hydrogens is 304 g/mol. The molecule has 4 heterocycles. The van der Waals surface area contributed by atoms with Gasteiger partial charge in [0.1, 0.15) is 17.3 Å². The number of hydrogen-bond acceptors (Lipinski definition) is 5. The molecule has 0 spiro atoms. The normalized spacial score (nSPS) is 14.5. The second-order valence-corrected chi connectivity index (χ2v) is 6.05. The van der Waals surface area contributed by atoms with Gasteiger partial charge in [0.25, 0.3) is 5.56 Å². The van der Waals surface area contributed by atoms with Crippen LogP contribution < -0.4 is 5.56 Å². The highest BCUT2D eigenvalue weighted by Gasteiger charge is 2.22. The number of H-pyrrole nitrogens is 1. The molecule has 24 heavy (non-hydrogen) atoms.